The molecule has 0 aliphatic carbocycles. The first-order valence-electron chi connectivity index (χ1n) is 14.6. The maximum atomic E-state index is 14.3. The van der Waals surface area contributed by atoms with E-state index in [-0.39, 0.29) is 5.56 Å². The van der Waals surface area contributed by atoms with E-state index < -0.39 is 136 Å². The van der Waals surface area contributed by atoms with Gasteiger partial charge in [-0.05, 0) is 19.1 Å². The lowest BCUT2D eigenvalue weighted by Gasteiger charge is -2.45. The summed E-state index contributed by atoms with van der Waals surface area (Å²) in [6.07, 6.45) is -17.3. The molecule has 5 rings (SSSR count). The number of ether oxygens (including phenoxy) is 7. The third-order valence-corrected chi connectivity index (χ3v) is 8.28. The first-order valence-corrected chi connectivity index (χ1v) is 14.6. The number of rotatable bonds is 9. The van der Waals surface area contributed by atoms with Crippen LogP contribution in [0.1, 0.15) is 6.92 Å². The van der Waals surface area contributed by atoms with Crippen molar-refractivity contribution >= 4 is 11.0 Å². The second-order valence-corrected chi connectivity index (χ2v) is 11.2. The van der Waals surface area contributed by atoms with Gasteiger partial charge in [-0.25, -0.2) is 0 Å². The van der Waals surface area contributed by atoms with E-state index in [2.05, 4.69) is 0 Å². The molecule has 19 nitrogen and oxygen atoms in total. The highest BCUT2D eigenvalue weighted by atomic mass is 16.8. The van der Waals surface area contributed by atoms with Gasteiger partial charge in [0.25, 0.3) is 0 Å². The van der Waals surface area contributed by atoms with E-state index in [1.165, 1.54) is 6.92 Å². The monoisotopic (exact) mass is 700 g/mol. The number of phenolic OH excluding ortho intramolecular Hbond substituents is 4. The van der Waals surface area contributed by atoms with Crippen molar-refractivity contribution in [1.82, 2.24) is 0 Å². The van der Waals surface area contributed by atoms with E-state index in [0.29, 0.717) is 0 Å². The highest BCUT2D eigenvalue weighted by Crippen LogP contribution is 2.52. The average Bonchev–Trinajstić information content (AvgIpc) is 3.07. The molecule has 2 saturated heterocycles. The molecule has 270 valence electrons. The molecule has 2 aliphatic rings. The summed E-state index contributed by atoms with van der Waals surface area (Å²) in [5, 5.41) is 104. The molecule has 2 aromatic carbocycles. The van der Waals surface area contributed by atoms with Gasteiger partial charge in [-0.1, -0.05) is 0 Å². The molecule has 19 heteroatoms. The molecule has 0 amide bonds. The maximum absolute atomic E-state index is 14.3. The fourth-order valence-corrected chi connectivity index (χ4v) is 5.64. The van der Waals surface area contributed by atoms with Gasteiger partial charge < -0.3 is 88.6 Å². The van der Waals surface area contributed by atoms with Gasteiger partial charge in [0.15, 0.2) is 41.0 Å². The van der Waals surface area contributed by atoms with E-state index in [4.69, 9.17) is 37.6 Å². The number of aromatic hydroxyl groups is 4. The highest BCUT2D eigenvalue weighted by molar-refractivity contribution is 5.96. The molecule has 0 radical (unpaired) electrons. The third kappa shape index (κ3) is 5.98. The lowest BCUT2D eigenvalue weighted by atomic mass is 9.97. The molecule has 2 aliphatic heterocycles. The van der Waals surface area contributed by atoms with Crippen molar-refractivity contribution in [2.24, 2.45) is 0 Å². The Balaban J connectivity index is 1.74. The van der Waals surface area contributed by atoms with Crippen LogP contribution in [0.2, 0.25) is 0 Å². The molecule has 10 N–H and O–H groups in total. The van der Waals surface area contributed by atoms with E-state index in [0.717, 1.165) is 33.5 Å². The summed E-state index contributed by atoms with van der Waals surface area (Å²) in [6.45, 7) is 0.469. The summed E-state index contributed by atoms with van der Waals surface area (Å²) >= 11 is 0. The molecular weight excluding hydrogens is 664 g/mol. The quantitative estimate of drug-likeness (QED) is 0.112. The molecule has 3 heterocycles. The lowest BCUT2D eigenvalue weighted by Crippen LogP contribution is -2.64. The third-order valence-electron chi connectivity index (χ3n) is 8.28. The number of hydrogen-bond acceptors (Lipinski definition) is 19. The van der Waals surface area contributed by atoms with Crippen molar-refractivity contribution in [2.75, 3.05) is 27.9 Å². The Labute approximate surface area is 275 Å². The number of aliphatic hydroxyl groups excluding tert-OH is 6. The van der Waals surface area contributed by atoms with Gasteiger partial charge in [0.1, 0.15) is 42.0 Å². The Hall–Kier alpha value is -4.31. The largest absolute Gasteiger partial charge is 0.504 e. The van der Waals surface area contributed by atoms with Crippen LogP contribution in [-0.2, 0) is 14.2 Å². The molecular formula is C30H36O19. The predicted molar refractivity (Wildman–Crippen MR) is 160 cm³/mol. The Morgan fingerprint density at radius 2 is 1.37 bits per heavy atom. The number of fused-ring (bicyclic) bond motifs is 1. The zero-order valence-corrected chi connectivity index (χ0v) is 26.3. The minimum Gasteiger partial charge on any atom is -0.504 e. The SMILES string of the molecule is COc1c(-c2oc3c(OC)c(O)c(OC)c(O)c3c(=O)c2O[C@@H]2O[C@H](CO)[C@@H](O)[C@H](O)[C@H]2O[C@@H]2O[C@@H](C)[C@H](O)[C@@H](O)[C@H]2O)ccc(O)c1O. The number of methoxy groups -OCH3 is 3. The van der Waals surface area contributed by atoms with Gasteiger partial charge in [-0.2, -0.15) is 0 Å². The van der Waals surface area contributed by atoms with E-state index >= 15 is 0 Å². The average molecular weight is 701 g/mol. The van der Waals surface area contributed by atoms with Crippen LogP contribution in [0.5, 0.6) is 46.0 Å². The summed E-state index contributed by atoms with van der Waals surface area (Å²) in [5.41, 5.74) is -2.01. The number of hydrogen-bond donors (Lipinski definition) is 10. The van der Waals surface area contributed by atoms with Gasteiger partial charge in [-0.15, -0.1) is 0 Å². The molecule has 0 bridgehead atoms. The second-order valence-electron chi connectivity index (χ2n) is 11.2. The summed E-state index contributed by atoms with van der Waals surface area (Å²) in [7, 11) is 3.30. The maximum Gasteiger partial charge on any atom is 0.239 e. The van der Waals surface area contributed by atoms with Gasteiger partial charge >= 0.3 is 0 Å². The van der Waals surface area contributed by atoms with Gasteiger partial charge in [0, 0.05) is 0 Å². The van der Waals surface area contributed by atoms with Crippen molar-refractivity contribution < 1.29 is 88.6 Å². The minimum absolute atomic E-state index is 0.256. The lowest BCUT2D eigenvalue weighted by molar-refractivity contribution is -0.354. The van der Waals surface area contributed by atoms with Crippen LogP contribution in [0.4, 0.5) is 0 Å². The molecule has 1 aromatic heterocycles. The van der Waals surface area contributed by atoms with Crippen molar-refractivity contribution in [3.05, 3.63) is 22.4 Å². The Morgan fingerprint density at radius 1 is 0.714 bits per heavy atom. The van der Waals surface area contributed by atoms with Crippen molar-refractivity contribution in [2.45, 2.75) is 68.3 Å². The molecule has 0 unspecified atom stereocenters. The van der Waals surface area contributed by atoms with E-state index in [1.807, 2.05) is 0 Å². The van der Waals surface area contributed by atoms with Crippen LogP contribution in [0.15, 0.2) is 21.3 Å². The first kappa shape index (κ1) is 36.0. The fraction of sp³-hybridized carbons (Fsp3) is 0.500. The second kappa shape index (κ2) is 13.9. The van der Waals surface area contributed by atoms with Gasteiger partial charge in [0.05, 0.1) is 39.6 Å². The highest BCUT2D eigenvalue weighted by Gasteiger charge is 2.51. The van der Waals surface area contributed by atoms with Crippen LogP contribution in [-0.4, -0.2) is 140 Å². The van der Waals surface area contributed by atoms with Crippen LogP contribution in [0, 0.1) is 0 Å². The molecule has 0 saturated carbocycles. The fourth-order valence-electron chi connectivity index (χ4n) is 5.64. The Kier molecular flexibility index (Phi) is 10.2. The zero-order chi connectivity index (χ0) is 36.1. The summed E-state index contributed by atoms with van der Waals surface area (Å²) in [5.74, 6) is -6.11. The van der Waals surface area contributed by atoms with Gasteiger partial charge in [0.2, 0.25) is 40.5 Å². The summed E-state index contributed by atoms with van der Waals surface area (Å²) in [4.78, 5) is 14.3. The summed E-state index contributed by atoms with van der Waals surface area (Å²) < 4.78 is 44.3. The van der Waals surface area contributed by atoms with Crippen molar-refractivity contribution in [3.8, 4) is 57.3 Å². The predicted octanol–water partition coefficient (Wildman–Crippen LogP) is -1.66. The van der Waals surface area contributed by atoms with Crippen LogP contribution < -0.4 is 24.4 Å². The Morgan fingerprint density at radius 3 is 1.98 bits per heavy atom. The molecule has 0 spiro atoms. The molecule has 3 aromatic rings. The molecule has 2 fully saturated rings. The van der Waals surface area contributed by atoms with E-state index in [1.54, 1.807) is 0 Å². The van der Waals surface area contributed by atoms with Crippen molar-refractivity contribution in [1.29, 1.82) is 0 Å². The zero-order valence-electron chi connectivity index (χ0n) is 26.3. The molecule has 49 heavy (non-hydrogen) atoms. The van der Waals surface area contributed by atoms with Crippen LogP contribution in [0.25, 0.3) is 22.3 Å². The normalized spacial score (nSPS) is 30.2. The van der Waals surface area contributed by atoms with E-state index in [9.17, 15) is 55.9 Å². The van der Waals surface area contributed by atoms with Crippen LogP contribution in [0.3, 0.4) is 0 Å². The first-order chi connectivity index (χ1) is 23.2. The number of benzene rings is 2. The van der Waals surface area contributed by atoms with Gasteiger partial charge in [-0.3, -0.25) is 4.79 Å². The number of aliphatic hydroxyl groups is 6. The summed E-state index contributed by atoms with van der Waals surface area (Å²) in [6, 6.07) is 2.15. The topological polar surface area (TPSA) is 297 Å². The smallest absolute Gasteiger partial charge is 0.239 e. The standard InChI is InChI=1S/C30H36O19/c1-8-13(33)18(38)20(40)29(45-8)49-28-19(39)15(35)11(7-31)46-30(28)48-27-17(37)12-16(36)25(43-3)21(41)26(44-4)24(12)47-23(27)9-5-6-10(32)14(34)22(9)42-2/h5-6,8,11,13,15,18-20,28-36,38-41H,7H2,1-4H3/t8-,11+,13-,15+,18+,19-,20+,28+,29-,30-/m0/s1. The van der Waals surface area contributed by atoms with Crippen molar-refractivity contribution in [3.63, 3.8) is 0 Å². The minimum atomic E-state index is -2.00. The Bertz CT molecular complexity index is 1740. The number of phenols is 4. The molecule has 10 atom stereocenters. The van der Waals surface area contributed by atoms with Crippen LogP contribution >= 0.6 is 0 Å².